The Balaban J connectivity index is 2.58. The van der Waals surface area contributed by atoms with Gasteiger partial charge in [-0.1, -0.05) is 32.1 Å². The van der Waals surface area contributed by atoms with Crippen LogP contribution in [0.1, 0.15) is 65.7 Å². The standard InChI is InChI=1S/C14H27NO3S/c1-11(2)19(17,18)12(3)14(16)15-13-9-7-5-4-6-8-10-13/h11-13H,4-10H2,1-3H3,(H,15,16). The van der Waals surface area contributed by atoms with Gasteiger partial charge in [-0.05, 0) is 33.6 Å². The average Bonchev–Trinajstić information content (AvgIpc) is 2.31. The van der Waals surface area contributed by atoms with Gasteiger partial charge in [0.1, 0.15) is 5.25 Å². The van der Waals surface area contributed by atoms with E-state index < -0.39 is 20.3 Å². The molecule has 1 amide bonds. The first-order valence-electron chi connectivity index (χ1n) is 7.38. The Morgan fingerprint density at radius 1 is 1.00 bits per heavy atom. The molecular weight excluding hydrogens is 262 g/mol. The molecule has 0 heterocycles. The highest BCUT2D eigenvalue weighted by Gasteiger charge is 2.31. The van der Waals surface area contributed by atoms with Gasteiger partial charge in [0.05, 0.1) is 5.25 Å². The van der Waals surface area contributed by atoms with Crippen molar-refractivity contribution in [1.82, 2.24) is 5.32 Å². The summed E-state index contributed by atoms with van der Waals surface area (Å²) < 4.78 is 24.0. The van der Waals surface area contributed by atoms with Crippen molar-refractivity contribution in [1.29, 1.82) is 0 Å². The lowest BCUT2D eigenvalue weighted by Gasteiger charge is -2.23. The van der Waals surface area contributed by atoms with Crippen LogP contribution >= 0.6 is 0 Å². The first-order chi connectivity index (χ1) is 8.85. The third-order valence-corrected chi connectivity index (χ3v) is 6.48. The van der Waals surface area contributed by atoms with Crippen LogP contribution in [-0.2, 0) is 14.6 Å². The lowest BCUT2D eigenvalue weighted by Crippen LogP contribution is -2.45. The minimum absolute atomic E-state index is 0.151. The maximum Gasteiger partial charge on any atom is 0.238 e. The third-order valence-electron chi connectivity index (χ3n) is 3.97. The number of amides is 1. The molecule has 4 nitrogen and oxygen atoms in total. The Hall–Kier alpha value is -0.580. The molecule has 1 N–H and O–H groups in total. The average molecular weight is 289 g/mol. The van der Waals surface area contributed by atoms with Gasteiger partial charge in [-0.2, -0.15) is 0 Å². The number of hydrogen-bond acceptors (Lipinski definition) is 3. The number of hydrogen-bond donors (Lipinski definition) is 1. The van der Waals surface area contributed by atoms with E-state index >= 15 is 0 Å². The fraction of sp³-hybridized carbons (Fsp3) is 0.929. The van der Waals surface area contributed by atoms with Gasteiger partial charge in [-0.25, -0.2) is 8.42 Å². The largest absolute Gasteiger partial charge is 0.352 e. The van der Waals surface area contributed by atoms with E-state index in [1.807, 2.05) is 0 Å². The second-order valence-corrected chi connectivity index (χ2v) is 8.66. The van der Waals surface area contributed by atoms with Crippen LogP contribution in [0.5, 0.6) is 0 Å². The predicted molar refractivity (Wildman–Crippen MR) is 77.8 cm³/mol. The highest BCUT2D eigenvalue weighted by molar-refractivity contribution is 7.93. The SMILES string of the molecule is CC(C)S(=O)(=O)C(C)C(=O)NC1CCCCCCC1. The molecule has 112 valence electrons. The molecule has 0 saturated heterocycles. The minimum Gasteiger partial charge on any atom is -0.352 e. The molecule has 5 heteroatoms. The second kappa shape index (κ2) is 7.27. The molecular formula is C14H27NO3S. The maximum atomic E-state index is 12.1. The van der Waals surface area contributed by atoms with Crippen LogP contribution in [0, 0.1) is 0 Å². The summed E-state index contributed by atoms with van der Waals surface area (Å²) in [6.45, 7) is 4.73. The summed E-state index contributed by atoms with van der Waals surface area (Å²) in [5.74, 6) is -0.334. The molecule has 0 radical (unpaired) electrons. The van der Waals surface area contributed by atoms with E-state index in [1.54, 1.807) is 13.8 Å². The number of rotatable bonds is 4. The Morgan fingerprint density at radius 3 is 1.95 bits per heavy atom. The Labute approximate surface area is 117 Å². The molecule has 1 fully saturated rings. The van der Waals surface area contributed by atoms with Gasteiger partial charge in [0.2, 0.25) is 5.91 Å². The molecule has 1 aliphatic carbocycles. The molecule has 0 aliphatic heterocycles. The minimum atomic E-state index is -3.36. The second-order valence-electron chi connectivity index (χ2n) is 5.83. The molecule has 19 heavy (non-hydrogen) atoms. The molecule has 0 bridgehead atoms. The van der Waals surface area contributed by atoms with Gasteiger partial charge in [0.15, 0.2) is 9.84 Å². The Morgan fingerprint density at radius 2 is 1.47 bits per heavy atom. The van der Waals surface area contributed by atoms with Crippen molar-refractivity contribution in [2.75, 3.05) is 0 Å². The first kappa shape index (κ1) is 16.5. The van der Waals surface area contributed by atoms with Gasteiger partial charge in [-0.15, -0.1) is 0 Å². The van der Waals surface area contributed by atoms with Crippen LogP contribution in [-0.4, -0.2) is 30.9 Å². The summed E-state index contributed by atoms with van der Waals surface area (Å²) in [6.07, 6.45) is 7.89. The molecule has 1 rings (SSSR count). The fourth-order valence-corrected chi connectivity index (χ4v) is 3.66. The van der Waals surface area contributed by atoms with Crippen LogP contribution in [0.3, 0.4) is 0 Å². The van der Waals surface area contributed by atoms with Crippen LogP contribution in [0.15, 0.2) is 0 Å². The Bertz CT molecular complexity index is 381. The molecule has 0 aromatic rings. The van der Waals surface area contributed by atoms with E-state index in [-0.39, 0.29) is 11.9 Å². The van der Waals surface area contributed by atoms with E-state index in [0.29, 0.717) is 0 Å². The highest BCUT2D eigenvalue weighted by Crippen LogP contribution is 2.18. The van der Waals surface area contributed by atoms with Gasteiger partial charge in [0.25, 0.3) is 0 Å². The maximum absolute atomic E-state index is 12.1. The summed E-state index contributed by atoms with van der Waals surface area (Å²) >= 11 is 0. The highest BCUT2D eigenvalue weighted by atomic mass is 32.2. The van der Waals surface area contributed by atoms with Crippen LogP contribution in [0.2, 0.25) is 0 Å². The van der Waals surface area contributed by atoms with E-state index in [9.17, 15) is 13.2 Å². The van der Waals surface area contributed by atoms with Crippen LogP contribution in [0.25, 0.3) is 0 Å². The summed E-state index contributed by atoms with van der Waals surface area (Å²) in [4.78, 5) is 12.1. The summed E-state index contributed by atoms with van der Waals surface area (Å²) in [7, 11) is -3.36. The van der Waals surface area contributed by atoms with Crippen molar-refractivity contribution >= 4 is 15.7 Å². The topological polar surface area (TPSA) is 63.2 Å². The normalized spacial score (nSPS) is 20.6. The van der Waals surface area contributed by atoms with E-state index in [2.05, 4.69) is 5.32 Å². The number of sulfone groups is 1. The van der Waals surface area contributed by atoms with Crippen molar-refractivity contribution in [2.45, 2.75) is 82.3 Å². The van der Waals surface area contributed by atoms with Crippen molar-refractivity contribution in [3.8, 4) is 0 Å². The molecule has 1 atom stereocenters. The van der Waals surface area contributed by atoms with Crippen LogP contribution in [0.4, 0.5) is 0 Å². The monoisotopic (exact) mass is 289 g/mol. The number of carbonyl (C=O) groups excluding carboxylic acids is 1. The molecule has 0 aromatic carbocycles. The smallest absolute Gasteiger partial charge is 0.238 e. The van der Waals surface area contributed by atoms with Crippen molar-refractivity contribution in [3.63, 3.8) is 0 Å². The number of nitrogens with one attached hydrogen (secondary N) is 1. The summed E-state index contributed by atoms with van der Waals surface area (Å²) in [5.41, 5.74) is 0. The molecule has 0 spiro atoms. The van der Waals surface area contributed by atoms with Crippen molar-refractivity contribution in [3.05, 3.63) is 0 Å². The van der Waals surface area contributed by atoms with Gasteiger partial charge in [-0.3, -0.25) is 4.79 Å². The lowest BCUT2D eigenvalue weighted by molar-refractivity contribution is -0.121. The lowest BCUT2D eigenvalue weighted by atomic mass is 9.97. The Kier molecular flexibility index (Phi) is 6.30. The van der Waals surface area contributed by atoms with E-state index in [0.717, 1.165) is 25.7 Å². The van der Waals surface area contributed by atoms with E-state index in [1.165, 1.54) is 26.2 Å². The zero-order valence-electron chi connectivity index (χ0n) is 12.3. The summed E-state index contributed by atoms with van der Waals surface area (Å²) in [5, 5.41) is 1.47. The molecule has 1 saturated carbocycles. The van der Waals surface area contributed by atoms with Crippen LogP contribution < -0.4 is 5.32 Å². The van der Waals surface area contributed by atoms with Gasteiger partial charge < -0.3 is 5.32 Å². The van der Waals surface area contributed by atoms with Crippen molar-refractivity contribution < 1.29 is 13.2 Å². The first-order valence-corrected chi connectivity index (χ1v) is 8.99. The summed E-state index contributed by atoms with van der Waals surface area (Å²) in [6, 6.07) is 0.151. The fourth-order valence-electron chi connectivity index (χ4n) is 2.48. The zero-order valence-corrected chi connectivity index (χ0v) is 13.1. The molecule has 1 unspecified atom stereocenters. The van der Waals surface area contributed by atoms with Gasteiger partial charge in [0, 0.05) is 6.04 Å². The molecule has 0 aromatic heterocycles. The quantitative estimate of drug-likeness (QED) is 0.864. The predicted octanol–water partition coefficient (Wildman–Crippen LogP) is 2.43. The third kappa shape index (κ3) is 4.79. The zero-order chi connectivity index (χ0) is 14.5. The van der Waals surface area contributed by atoms with Crippen molar-refractivity contribution in [2.24, 2.45) is 0 Å². The van der Waals surface area contributed by atoms with E-state index in [4.69, 9.17) is 0 Å². The molecule has 1 aliphatic rings. The van der Waals surface area contributed by atoms with Gasteiger partial charge >= 0.3 is 0 Å². The number of carbonyl (C=O) groups is 1.